The number of anilines is 2. The highest BCUT2D eigenvalue weighted by molar-refractivity contribution is 5.92. The molecular formula is C27H33Cl2N3O. The maximum absolute atomic E-state index is 12.5. The Kier molecular flexibility index (Phi) is 11.2. The summed E-state index contributed by atoms with van der Waals surface area (Å²) in [5, 5.41) is 6.44. The van der Waals surface area contributed by atoms with Crippen molar-refractivity contribution in [2.45, 2.75) is 25.8 Å². The van der Waals surface area contributed by atoms with E-state index in [9.17, 15) is 4.79 Å². The fourth-order valence-corrected chi connectivity index (χ4v) is 4.17. The van der Waals surface area contributed by atoms with Crippen molar-refractivity contribution in [3.05, 3.63) is 96.1 Å². The molecule has 0 aromatic heterocycles. The molecule has 1 fully saturated rings. The third kappa shape index (κ3) is 8.73. The standard InChI is InChI=1S/C27H31N3O.2ClH/c31-27(21-30-17-15-23(16-18-30)19-22-7-3-1-4-8-22)29-26-13-11-25(12-14-26)28-20-24-9-5-2-6-10-24;;/h1-14,23,28H,15-21H2,(H,29,31);2*1H. The van der Waals surface area contributed by atoms with Crippen LogP contribution in [-0.4, -0.2) is 30.4 Å². The zero-order valence-electron chi connectivity index (χ0n) is 18.8. The number of carbonyl (C=O) groups excluding carboxylic acids is 1. The Hall–Kier alpha value is -2.53. The lowest BCUT2D eigenvalue weighted by molar-refractivity contribution is -0.117. The first-order chi connectivity index (χ1) is 15.2. The number of hydrogen-bond acceptors (Lipinski definition) is 3. The van der Waals surface area contributed by atoms with Crippen molar-refractivity contribution in [3.63, 3.8) is 0 Å². The van der Waals surface area contributed by atoms with E-state index < -0.39 is 0 Å². The lowest BCUT2D eigenvalue weighted by atomic mass is 9.90. The highest BCUT2D eigenvalue weighted by Crippen LogP contribution is 2.22. The van der Waals surface area contributed by atoms with Crippen LogP contribution >= 0.6 is 24.8 Å². The molecule has 0 radical (unpaired) electrons. The molecule has 0 aliphatic carbocycles. The molecule has 4 nitrogen and oxygen atoms in total. The molecule has 1 amide bonds. The van der Waals surface area contributed by atoms with Crippen LogP contribution in [-0.2, 0) is 17.8 Å². The van der Waals surface area contributed by atoms with Crippen molar-refractivity contribution in [1.82, 2.24) is 4.90 Å². The second-order valence-corrected chi connectivity index (χ2v) is 8.37. The van der Waals surface area contributed by atoms with E-state index in [0.717, 1.165) is 56.2 Å². The highest BCUT2D eigenvalue weighted by Gasteiger charge is 2.21. The minimum absolute atomic E-state index is 0. The molecule has 176 valence electrons. The van der Waals surface area contributed by atoms with E-state index in [-0.39, 0.29) is 30.7 Å². The van der Waals surface area contributed by atoms with E-state index in [1.165, 1.54) is 11.1 Å². The summed E-state index contributed by atoms with van der Waals surface area (Å²) >= 11 is 0. The first-order valence-corrected chi connectivity index (χ1v) is 11.2. The molecule has 0 saturated carbocycles. The SMILES string of the molecule is Cl.Cl.O=C(CN1CCC(Cc2ccccc2)CC1)Nc1ccc(NCc2ccccc2)cc1. The molecule has 4 rings (SSSR count). The third-order valence-electron chi connectivity index (χ3n) is 5.95. The van der Waals surface area contributed by atoms with E-state index in [0.29, 0.717) is 6.54 Å². The Morgan fingerprint density at radius 2 is 1.30 bits per heavy atom. The van der Waals surface area contributed by atoms with Crippen LogP contribution < -0.4 is 10.6 Å². The molecule has 1 aliphatic heterocycles. The predicted octanol–water partition coefficient (Wildman–Crippen LogP) is 6.04. The highest BCUT2D eigenvalue weighted by atomic mass is 35.5. The molecule has 2 N–H and O–H groups in total. The Morgan fingerprint density at radius 1 is 0.758 bits per heavy atom. The van der Waals surface area contributed by atoms with Crippen LogP contribution in [0.3, 0.4) is 0 Å². The summed E-state index contributed by atoms with van der Waals surface area (Å²) in [7, 11) is 0. The van der Waals surface area contributed by atoms with Crippen LogP contribution in [0.1, 0.15) is 24.0 Å². The molecule has 0 spiro atoms. The average Bonchev–Trinajstić information content (AvgIpc) is 2.81. The van der Waals surface area contributed by atoms with Crippen molar-refractivity contribution in [1.29, 1.82) is 0 Å². The molecule has 3 aromatic carbocycles. The maximum Gasteiger partial charge on any atom is 0.238 e. The average molecular weight is 486 g/mol. The molecule has 6 heteroatoms. The van der Waals surface area contributed by atoms with E-state index >= 15 is 0 Å². The number of hydrogen-bond donors (Lipinski definition) is 2. The Labute approximate surface area is 209 Å². The summed E-state index contributed by atoms with van der Waals surface area (Å²) in [6.45, 7) is 3.24. The summed E-state index contributed by atoms with van der Waals surface area (Å²) in [5.41, 5.74) is 4.55. The number of benzene rings is 3. The summed E-state index contributed by atoms with van der Waals surface area (Å²) in [5.74, 6) is 0.782. The summed E-state index contributed by atoms with van der Waals surface area (Å²) in [6, 6.07) is 29.0. The number of likely N-dealkylation sites (tertiary alicyclic amines) is 1. The van der Waals surface area contributed by atoms with Gasteiger partial charge in [-0.05, 0) is 73.7 Å². The van der Waals surface area contributed by atoms with E-state index in [1.807, 2.05) is 42.5 Å². The summed E-state index contributed by atoms with van der Waals surface area (Å²) in [4.78, 5) is 14.8. The van der Waals surface area contributed by atoms with Crippen molar-refractivity contribution >= 4 is 42.1 Å². The van der Waals surface area contributed by atoms with Crippen molar-refractivity contribution < 1.29 is 4.79 Å². The van der Waals surface area contributed by atoms with Crippen LogP contribution in [0, 0.1) is 5.92 Å². The monoisotopic (exact) mass is 485 g/mol. The summed E-state index contributed by atoms with van der Waals surface area (Å²) < 4.78 is 0. The van der Waals surface area contributed by atoms with Crippen LogP contribution in [0.5, 0.6) is 0 Å². The largest absolute Gasteiger partial charge is 0.381 e. The van der Waals surface area contributed by atoms with Crippen LogP contribution in [0.2, 0.25) is 0 Å². The van der Waals surface area contributed by atoms with Crippen LogP contribution in [0.4, 0.5) is 11.4 Å². The van der Waals surface area contributed by atoms with E-state index in [2.05, 4.69) is 58.0 Å². The van der Waals surface area contributed by atoms with Crippen molar-refractivity contribution in [2.75, 3.05) is 30.3 Å². The zero-order chi connectivity index (χ0) is 21.3. The lowest BCUT2D eigenvalue weighted by Gasteiger charge is -2.31. The van der Waals surface area contributed by atoms with Gasteiger partial charge in [0.15, 0.2) is 0 Å². The molecule has 0 atom stereocenters. The fourth-order valence-electron chi connectivity index (χ4n) is 4.17. The minimum atomic E-state index is 0. The van der Waals surface area contributed by atoms with E-state index in [1.54, 1.807) is 0 Å². The number of nitrogens with zero attached hydrogens (tertiary/aromatic N) is 1. The predicted molar refractivity (Wildman–Crippen MR) is 143 cm³/mol. The number of carbonyl (C=O) groups is 1. The quantitative estimate of drug-likeness (QED) is 0.408. The van der Waals surface area contributed by atoms with Gasteiger partial charge in [-0.1, -0.05) is 60.7 Å². The lowest BCUT2D eigenvalue weighted by Crippen LogP contribution is -2.39. The molecule has 0 unspecified atom stereocenters. The van der Waals surface area contributed by atoms with Crippen molar-refractivity contribution in [2.24, 2.45) is 5.92 Å². The number of piperidine rings is 1. The van der Waals surface area contributed by atoms with Gasteiger partial charge < -0.3 is 10.6 Å². The minimum Gasteiger partial charge on any atom is -0.381 e. The molecule has 33 heavy (non-hydrogen) atoms. The van der Waals surface area contributed by atoms with Gasteiger partial charge in [0, 0.05) is 17.9 Å². The number of amides is 1. The van der Waals surface area contributed by atoms with Crippen molar-refractivity contribution in [3.8, 4) is 0 Å². The van der Waals surface area contributed by atoms with E-state index in [4.69, 9.17) is 0 Å². The number of halogens is 2. The smallest absolute Gasteiger partial charge is 0.238 e. The maximum atomic E-state index is 12.5. The molecule has 0 bridgehead atoms. The van der Waals surface area contributed by atoms with Gasteiger partial charge in [-0.15, -0.1) is 24.8 Å². The number of rotatable bonds is 8. The normalized spacial score (nSPS) is 13.9. The van der Waals surface area contributed by atoms with Gasteiger partial charge in [0.05, 0.1) is 6.54 Å². The second-order valence-electron chi connectivity index (χ2n) is 8.37. The van der Waals surface area contributed by atoms with Gasteiger partial charge in [-0.2, -0.15) is 0 Å². The zero-order valence-corrected chi connectivity index (χ0v) is 20.4. The Morgan fingerprint density at radius 3 is 1.91 bits per heavy atom. The molecule has 1 saturated heterocycles. The van der Waals surface area contributed by atoms with Gasteiger partial charge >= 0.3 is 0 Å². The first kappa shape index (κ1) is 26.7. The molecule has 1 aliphatic rings. The third-order valence-corrected chi connectivity index (χ3v) is 5.95. The van der Waals surface area contributed by atoms with Gasteiger partial charge in [-0.3, -0.25) is 9.69 Å². The van der Waals surface area contributed by atoms with Gasteiger partial charge in [0.2, 0.25) is 5.91 Å². The summed E-state index contributed by atoms with van der Waals surface area (Å²) in [6.07, 6.45) is 3.46. The Balaban J connectivity index is 0.00000193. The fraction of sp³-hybridized carbons (Fsp3) is 0.296. The Bertz CT molecular complexity index is 944. The van der Waals surface area contributed by atoms with Gasteiger partial charge in [-0.25, -0.2) is 0 Å². The second kappa shape index (κ2) is 13.9. The van der Waals surface area contributed by atoms with Gasteiger partial charge in [0.1, 0.15) is 0 Å². The molecular weight excluding hydrogens is 453 g/mol. The first-order valence-electron chi connectivity index (χ1n) is 11.2. The topological polar surface area (TPSA) is 44.4 Å². The molecule has 1 heterocycles. The van der Waals surface area contributed by atoms with Crippen LogP contribution in [0.25, 0.3) is 0 Å². The van der Waals surface area contributed by atoms with Crippen LogP contribution in [0.15, 0.2) is 84.9 Å². The molecule has 3 aromatic rings. The number of nitrogens with one attached hydrogen (secondary N) is 2. The van der Waals surface area contributed by atoms with Gasteiger partial charge in [0.25, 0.3) is 0 Å².